The van der Waals surface area contributed by atoms with Crippen LogP contribution < -0.4 is 5.73 Å². The maximum absolute atomic E-state index is 10.6. The normalized spacial score (nSPS) is 9.96. The number of hydrogen-bond acceptors (Lipinski definition) is 1. The molecule has 0 aliphatic carbocycles. The Kier molecular flexibility index (Phi) is 21.4. The van der Waals surface area contributed by atoms with Gasteiger partial charge in [-0.3, -0.25) is 4.79 Å². The van der Waals surface area contributed by atoms with Crippen molar-refractivity contribution in [1.29, 1.82) is 0 Å². The molecule has 154 valence electrons. The van der Waals surface area contributed by atoms with Gasteiger partial charge in [-0.1, -0.05) is 102 Å². The van der Waals surface area contributed by atoms with Crippen molar-refractivity contribution in [2.75, 3.05) is 0 Å². The summed E-state index contributed by atoms with van der Waals surface area (Å²) in [5.41, 5.74) is 5.12. The van der Waals surface area contributed by atoms with Crippen LogP contribution in [0.5, 0.6) is 0 Å². The highest BCUT2D eigenvalue weighted by molar-refractivity contribution is 5.73. The Balaban J connectivity index is 3.25. The number of unbranched alkanes of at least 4 members (excludes halogenated alkanes) is 16. The van der Waals surface area contributed by atoms with Crippen molar-refractivity contribution in [3.8, 4) is 23.7 Å². The van der Waals surface area contributed by atoms with Gasteiger partial charge in [-0.15, -0.1) is 0 Å². The van der Waals surface area contributed by atoms with E-state index in [9.17, 15) is 4.79 Å². The maximum atomic E-state index is 10.6. The predicted molar refractivity (Wildman–Crippen MR) is 118 cm³/mol. The van der Waals surface area contributed by atoms with Crippen molar-refractivity contribution in [2.45, 2.75) is 129 Å². The third kappa shape index (κ3) is 24.6. The van der Waals surface area contributed by atoms with E-state index in [0.29, 0.717) is 6.42 Å². The lowest BCUT2D eigenvalue weighted by molar-refractivity contribution is -0.118. The summed E-state index contributed by atoms with van der Waals surface area (Å²) in [7, 11) is 0. The second-order valence-corrected chi connectivity index (χ2v) is 7.62. The van der Waals surface area contributed by atoms with E-state index in [1.54, 1.807) is 0 Å². The molecule has 0 saturated carbocycles. The molecule has 0 heterocycles. The Bertz CT molecular complexity index is 446. The minimum absolute atomic E-state index is 0.181. The number of nitrogens with two attached hydrogens (primary N) is 1. The molecule has 2 heteroatoms. The lowest BCUT2D eigenvalue weighted by Crippen LogP contribution is -2.09. The van der Waals surface area contributed by atoms with Crippen molar-refractivity contribution < 1.29 is 4.79 Å². The first-order chi connectivity index (χ1) is 13.3. The first kappa shape index (κ1) is 25.6. The van der Waals surface area contributed by atoms with Crippen molar-refractivity contribution >= 4 is 5.91 Å². The van der Waals surface area contributed by atoms with Crippen molar-refractivity contribution in [3.05, 3.63) is 0 Å². The smallest absolute Gasteiger partial charge is 0.217 e. The van der Waals surface area contributed by atoms with Gasteiger partial charge in [0.2, 0.25) is 5.91 Å². The van der Waals surface area contributed by atoms with E-state index in [0.717, 1.165) is 32.1 Å². The van der Waals surface area contributed by atoms with Gasteiger partial charge in [0.05, 0.1) is 0 Å². The Morgan fingerprint density at radius 3 is 1.37 bits per heavy atom. The molecule has 0 aliphatic rings. The number of amides is 1. The van der Waals surface area contributed by atoms with Crippen LogP contribution in [0.4, 0.5) is 0 Å². The quantitative estimate of drug-likeness (QED) is 0.206. The van der Waals surface area contributed by atoms with E-state index in [2.05, 4.69) is 30.6 Å². The molecule has 2 N–H and O–H groups in total. The average Bonchev–Trinajstić information content (AvgIpc) is 2.65. The minimum atomic E-state index is -0.181. The summed E-state index contributed by atoms with van der Waals surface area (Å²) in [6, 6.07) is 0. The molecule has 0 atom stereocenters. The lowest BCUT2D eigenvalue weighted by atomic mass is 10.1. The van der Waals surface area contributed by atoms with Crippen LogP contribution in [0.15, 0.2) is 0 Å². The highest BCUT2D eigenvalue weighted by Crippen LogP contribution is 2.11. The third-order valence-corrected chi connectivity index (χ3v) is 4.87. The number of carbonyl (C=O) groups is 1. The molecule has 0 radical (unpaired) electrons. The van der Waals surface area contributed by atoms with Crippen LogP contribution in [-0.2, 0) is 4.79 Å². The molecule has 0 aromatic carbocycles. The Labute approximate surface area is 169 Å². The highest BCUT2D eigenvalue weighted by Gasteiger charge is 1.94. The van der Waals surface area contributed by atoms with Crippen LogP contribution >= 0.6 is 0 Å². The fourth-order valence-electron chi connectivity index (χ4n) is 3.13. The molecular formula is C25H43NO. The third-order valence-electron chi connectivity index (χ3n) is 4.87. The molecule has 0 rings (SSSR count). The summed E-state index contributed by atoms with van der Waals surface area (Å²) in [4.78, 5) is 10.6. The second-order valence-electron chi connectivity index (χ2n) is 7.62. The fourth-order valence-corrected chi connectivity index (χ4v) is 3.13. The Morgan fingerprint density at radius 1 is 0.593 bits per heavy atom. The topological polar surface area (TPSA) is 43.1 Å². The second kappa shape index (κ2) is 22.6. The largest absolute Gasteiger partial charge is 0.370 e. The van der Waals surface area contributed by atoms with Crippen LogP contribution in [-0.4, -0.2) is 5.91 Å². The molecule has 0 aromatic rings. The number of carbonyl (C=O) groups excluding carboxylic acids is 1. The number of primary amides is 1. The first-order valence-electron chi connectivity index (χ1n) is 11.5. The fraction of sp³-hybridized carbons (Fsp3) is 0.800. The van der Waals surface area contributed by atoms with Gasteiger partial charge in [0.1, 0.15) is 0 Å². The molecule has 0 unspecified atom stereocenters. The van der Waals surface area contributed by atoms with Gasteiger partial charge in [0.25, 0.3) is 0 Å². The Morgan fingerprint density at radius 2 is 0.963 bits per heavy atom. The number of hydrogen-bond donors (Lipinski definition) is 1. The molecule has 0 aromatic heterocycles. The van der Waals surface area contributed by atoms with Crippen LogP contribution in [0, 0.1) is 23.7 Å². The van der Waals surface area contributed by atoms with Crippen molar-refractivity contribution in [2.24, 2.45) is 5.73 Å². The van der Waals surface area contributed by atoms with Gasteiger partial charge in [-0.2, -0.15) is 0 Å². The zero-order chi connectivity index (χ0) is 19.8. The molecule has 27 heavy (non-hydrogen) atoms. The van der Waals surface area contributed by atoms with Gasteiger partial charge >= 0.3 is 0 Å². The van der Waals surface area contributed by atoms with Gasteiger partial charge in [0.15, 0.2) is 0 Å². The van der Waals surface area contributed by atoms with Crippen LogP contribution in [0.2, 0.25) is 0 Å². The van der Waals surface area contributed by atoms with E-state index < -0.39 is 0 Å². The van der Waals surface area contributed by atoms with E-state index in [1.165, 1.54) is 83.5 Å². The maximum Gasteiger partial charge on any atom is 0.217 e. The molecule has 0 aliphatic heterocycles. The van der Waals surface area contributed by atoms with Crippen molar-refractivity contribution in [1.82, 2.24) is 0 Å². The molecule has 1 amide bonds. The molecule has 2 nitrogen and oxygen atoms in total. The summed E-state index contributed by atoms with van der Waals surface area (Å²) in [6.45, 7) is 2.27. The summed E-state index contributed by atoms with van der Waals surface area (Å²) in [5.74, 6) is 12.1. The van der Waals surface area contributed by atoms with Gasteiger partial charge in [-0.05, 0) is 31.1 Å². The summed E-state index contributed by atoms with van der Waals surface area (Å²) in [5, 5.41) is 0. The molecule has 0 spiro atoms. The zero-order valence-electron chi connectivity index (χ0n) is 17.9. The van der Waals surface area contributed by atoms with Crippen LogP contribution in [0.25, 0.3) is 0 Å². The minimum Gasteiger partial charge on any atom is -0.370 e. The van der Waals surface area contributed by atoms with Crippen molar-refractivity contribution in [3.63, 3.8) is 0 Å². The molecular weight excluding hydrogens is 330 g/mol. The van der Waals surface area contributed by atoms with E-state index >= 15 is 0 Å². The number of rotatable bonds is 18. The van der Waals surface area contributed by atoms with E-state index in [4.69, 9.17) is 5.73 Å². The first-order valence-corrected chi connectivity index (χ1v) is 11.5. The van der Waals surface area contributed by atoms with Gasteiger partial charge < -0.3 is 5.73 Å². The van der Waals surface area contributed by atoms with Crippen LogP contribution in [0.1, 0.15) is 129 Å². The average molecular weight is 374 g/mol. The van der Waals surface area contributed by atoms with Gasteiger partial charge in [0, 0.05) is 19.3 Å². The summed E-state index contributed by atoms with van der Waals surface area (Å²) >= 11 is 0. The predicted octanol–water partition coefficient (Wildman–Crippen LogP) is 6.91. The van der Waals surface area contributed by atoms with E-state index in [1.807, 2.05) is 0 Å². The monoisotopic (exact) mass is 373 g/mol. The molecule has 0 fully saturated rings. The Hall–Kier alpha value is -1.41. The lowest BCUT2D eigenvalue weighted by Gasteiger charge is -2.00. The van der Waals surface area contributed by atoms with Crippen LogP contribution in [0.3, 0.4) is 0 Å². The molecule has 0 bridgehead atoms. The van der Waals surface area contributed by atoms with E-state index in [-0.39, 0.29) is 5.91 Å². The SMILES string of the molecule is CCCCCCCCCCCCC#CC#CCCCCCCCCC(N)=O. The summed E-state index contributed by atoms with van der Waals surface area (Å²) in [6.07, 6.45) is 23.0. The van der Waals surface area contributed by atoms with Gasteiger partial charge in [-0.25, -0.2) is 0 Å². The molecule has 0 saturated heterocycles. The highest BCUT2D eigenvalue weighted by atomic mass is 16.1. The summed E-state index contributed by atoms with van der Waals surface area (Å²) < 4.78 is 0. The standard InChI is InChI=1S/C25H43NO/c1-2-3-4-5-6-7-8-9-10-11-12-13-14-15-16-17-18-19-20-21-22-23-24-25(26)27/h2-12,17-24H2,1H3,(H2,26,27). The zero-order valence-corrected chi connectivity index (χ0v) is 17.9.